The fourth-order valence-electron chi connectivity index (χ4n) is 3.56. The van der Waals surface area contributed by atoms with Crippen molar-refractivity contribution in [2.45, 2.75) is 51.7 Å². The van der Waals surface area contributed by atoms with Crippen LogP contribution < -0.4 is 5.32 Å². The second kappa shape index (κ2) is 6.91. The van der Waals surface area contributed by atoms with Crippen LogP contribution in [0.15, 0.2) is 24.3 Å². The van der Waals surface area contributed by atoms with Gasteiger partial charge >= 0.3 is 0 Å². The van der Waals surface area contributed by atoms with E-state index in [0.717, 1.165) is 19.1 Å². The van der Waals surface area contributed by atoms with E-state index in [2.05, 4.69) is 41.4 Å². The molecule has 0 bridgehead atoms. The molecule has 2 heterocycles. The third kappa shape index (κ3) is 3.15. The Hall–Kier alpha value is -0.900. The summed E-state index contributed by atoms with van der Waals surface area (Å²) in [6.45, 7) is 5.71. The van der Waals surface area contributed by atoms with Gasteiger partial charge in [-0.05, 0) is 49.9 Å². The van der Waals surface area contributed by atoms with Gasteiger partial charge in [-0.1, -0.05) is 31.5 Å². The van der Waals surface area contributed by atoms with Gasteiger partial charge in [-0.15, -0.1) is 11.3 Å². The van der Waals surface area contributed by atoms with Crippen LogP contribution in [0.25, 0.3) is 10.1 Å². The molecule has 1 aromatic carbocycles. The van der Waals surface area contributed by atoms with Gasteiger partial charge < -0.3 is 5.32 Å². The lowest BCUT2D eigenvalue weighted by Gasteiger charge is -2.35. The molecule has 21 heavy (non-hydrogen) atoms. The molecule has 1 unspecified atom stereocenters. The molecule has 0 saturated carbocycles. The van der Waals surface area contributed by atoms with E-state index in [1.165, 1.54) is 47.2 Å². The molecule has 2 nitrogen and oxygen atoms in total. The minimum Gasteiger partial charge on any atom is -0.315 e. The van der Waals surface area contributed by atoms with Crippen LogP contribution in [0.4, 0.5) is 0 Å². The first-order valence-electron chi connectivity index (χ1n) is 8.21. The lowest BCUT2D eigenvalue weighted by molar-refractivity contribution is 0.136. The highest BCUT2D eigenvalue weighted by molar-refractivity contribution is 7.19. The Morgan fingerprint density at radius 2 is 2.14 bits per heavy atom. The molecule has 1 fully saturated rings. The van der Waals surface area contributed by atoms with Gasteiger partial charge in [0, 0.05) is 28.7 Å². The maximum Gasteiger partial charge on any atom is 0.0349 e. The van der Waals surface area contributed by atoms with Crippen molar-refractivity contribution >= 4 is 21.4 Å². The molecule has 1 N–H and O–H groups in total. The number of thiophene rings is 1. The van der Waals surface area contributed by atoms with Gasteiger partial charge in [0.15, 0.2) is 0 Å². The van der Waals surface area contributed by atoms with Crippen LogP contribution in [-0.4, -0.2) is 24.5 Å². The lowest BCUT2D eigenvalue weighted by Crippen LogP contribution is -2.38. The Morgan fingerprint density at radius 1 is 1.29 bits per heavy atom. The number of rotatable bonds is 5. The standard InChI is InChI=1S/C18H26N2S/c1-3-14-8-6-7-11-20(14)13-16-15-9-4-5-10-17(15)21-18(16)12-19-2/h4-5,9-10,14,19H,3,6-8,11-13H2,1-2H3. The van der Waals surface area contributed by atoms with Crippen LogP contribution in [0.2, 0.25) is 0 Å². The van der Waals surface area contributed by atoms with Gasteiger partial charge in [0.2, 0.25) is 0 Å². The molecule has 3 rings (SSSR count). The smallest absolute Gasteiger partial charge is 0.0349 e. The van der Waals surface area contributed by atoms with Gasteiger partial charge in [0.1, 0.15) is 0 Å². The summed E-state index contributed by atoms with van der Waals surface area (Å²) in [6.07, 6.45) is 5.42. The number of piperidine rings is 1. The summed E-state index contributed by atoms with van der Waals surface area (Å²) in [6, 6.07) is 9.66. The van der Waals surface area contributed by atoms with Crippen molar-refractivity contribution < 1.29 is 0 Å². The average Bonchev–Trinajstić information content (AvgIpc) is 2.86. The number of hydrogen-bond acceptors (Lipinski definition) is 3. The average molecular weight is 302 g/mol. The van der Waals surface area contributed by atoms with Gasteiger partial charge in [-0.2, -0.15) is 0 Å². The van der Waals surface area contributed by atoms with Crippen molar-refractivity contribution in [3.8, 4) is 0 Å². The molecule has 0 aliphatic carbocycles. The molecule has 2 aromatic rings. The highest BCUT2D eigenvalue weighted by Gasteiger charge is 2.23. The van der Waals surface area contributed by atoms with Crippen molar-refractivity contribution in [1.29, 1.82) is 0 Å². The van der Waals surface area contributed by atoms with E-state index in [-0.39, 0.29) is 0 Å². The summed E-state index contributed by atoms with van der Waals surface area (Å²) in [4.78, 5) is 4.23. The molecule has 114 valence electrons. The van der Waals surface area contributed by atoms with Gasteiger partial charge in [-0.25, -0.2) is 0 Å². The molecule has 1 saturated heterocycles. The quantitative estimate of drug-likeness (QED) is 0.881. The molecular formula is C18H26N2S. The fraction of sp³-hybridized carbons (Fsp3) is 0.556. The topological polar surface area (TPSA) is 15.3 Å². The number of fused-ring (bicyclic) bond motifs is 1. The molecular weight excluding hydrogens is 276 g/mol. The van der Waals surface area contributed by atoms with E-state index in [9.17, 15) is 0 Å². The van der Waals surface area contributed by atoms with Gasteiger partial charge in [0.05, 0.1) is 0 Å². The summed E-state index contributed by atoms with van der Waals surface area (Å²) >= 11 is 1.96. The van der Waals surface area contributed by atoms with Gasteiger partial charge in [0.25, 0.3) is 0 Å². The van der Waals surface area contributed by atoms with Crippen LogP contribution in [-0.2, 0) is 13.1 Å². The minimum atomic E-state index is 0.778. The van der Waals surface area contributed by atoms with Crippen molar-refractivity contribution in [2.75, 3.05) is 13.6 Å². The zero-order valence-electron chi connectivity index (χ0n) is 13.2. The second-order valence-corrected chi connectivity index (χ2v) is 7.20. The highest BCUT2D eigenvalue weighted by Crippen LogP contribution is 2.33. The van der Waals surface area contributed by atoms with E-state index < -0.39 is 0 Å². The van der Waals surface area contributed by atoms with E-state index >= 15 is 0 Å². The zero-order chi connectivity index (χ0) is 14.7. The molecule has 0 amide bonds. The first-order chi connectivity index (χ1) is 10.3. The number of nitrogens with zero attached hydrogens (tertiary/aromatic N) is 1. The predicted octanol–water partition coefficient (Wildman–Crippen LogP) is 4.39. The normalized spacial score (nSPS) is 20.2. The zero-order valence-corrected chi connectivity index (χ0v) is 14.0. The van der Waals surface area contributed by atoms with Crippen LogP contribution >= 0.6 is 11.3 Å². The Labute approximate surface area is 132 Å². The molecule has 3 heteroatoms. The Bertz CT molecular complexity index is 590. The lowest BCUT2D eigenvalue weighted by atomic mass is 9.98. The predicted molar refractivity (Wildman–Crippen MR) is 92.9 cm³/mol. The third-order valence-corrected chi connectivity index (χ3v) is 5.91. The monoisotopic (exact) mass is 302 g/mol. The summed E-state index contributed by atoms with van der Waals surface area (Å²) in [5, 5.41) is 4.81. The Balaban J connectivity index is 1.92. The van der Waals surface area contributed by atoms with Gasteiger partial charge in [-0.3, -0.25) is 4.90 Å². The van der Waals surface area contributed by atoms with Crippen LogP contribution in [0, 0.1) is 0 Å². The molecule has 1 aliphatic rings. The Morgan fingerprint density at radius 3 is 2.95 bits per heavy atom. The number of benzene rings is 1. The first kappa shape index (κ1) is 15.0. The van der Waals surface area contributed by atoms with Crippen LogP contribution in [0.5, 0.6) is 0 Å². The third-order valence-electron chi connectivity index (χ3n) is 4.70. The number of likely N-dealkylation sites (tertiary alicyclic amines) is 1. The van der Waals surface area contributed by atoms with Crippen molar-refractivity contribution in [1.82, 2.24) is 10.2 Å². The van der Waals surface area contributed by atoms with E-state index in [1.807, 2.05) is 18.4 Å². The van der Waals surface area contributed by atoms with E-state index in [0.29, 0.717) is 0 Å². The maximum absolute atomic E-state index is 3.34. The van der Waals surface area contributed by atoms with E-state index in [1.54, 1.807) is 5.56 Å². The molecule has 1 atom stereocenters. The maximum atomic E-state index is 3.34. The summed E-state index contributed by atoms with van der Waals surface area (Å²) < 4.78 is 1.43. The minimum absolute atomic E-state index is 0.778. The van der Waals surface area contributed by atoms with Crippen molar-refractivity contribution in [3.63, 3.8) is 0 Å². The summed E-state index contributed by atoms with van der Waals surface area (Å²) in [5.74, 6) is 0. The van der Waals surface area contributed by atoms with E-state index in [4.69, 9.17) is 0 Å². The van der Waals surface area contributed by atoms with Crippen LogP contribution in [0.1, 0.15) is 43.0 Å². The first-order valence-corrected chi connectivity index (χ1v) is 9.03. The molecule has 1 aliphatic heterocycles. The van der Waals surface area contributed by atoms with Crippen molar-refractivity contribution in [3.05, 3.63) is 34.7 Å². The number of nitrogens with one attached hydrogen (secondary N) is 1. The molecule has 1 aromatic heterocycles. The molecule has 0 spiro atoms. The fourth-order valence-corrected chi connectivity index (χ4v) is 4.79. The van der Waals surface area contributed by atoms with Crippen molar-refractivity contribution in [2.24, 2.45) is 0 Å². The molecule has 0 radical (unpaired) electrons. The number of hydrogen-bond donors (Lipinski definition) is 1. The Kier molecular flexibility index (Phi) is 4.94. The van der Waals surface area contributed by atoms with Crippen LogP contribution in [0.3, 0.4) is 0 Å². The summed E-state index contributed by atoms with van der Waals surface area (Å²) in [5.41, 5.74) is 1.56. The largest absolute Gasteiger partial charge is 0.315 e. The second-order valence-electron chi connectivity index (χ2n) is 6.06. The highest BCUT2D eigenvalue weighted by atomic mass is 32.1. The summed E-state index contributed by atoms with van der Waals surface area (Å²) in [7, 11) is 2.05. The SMILES string of the molecule is CCC1CCCCN1Cc1c(CNC)sc2ccccc12.